The van der Waals surface area contributed by atoms with Crippen molar-refractivity contribution in [2.75, 3.05) is 16.8 Å². The lowest BCUT2D eigenvalue weighted by molar-refractivity contribution is -0.140. The Hall–Kier alpha value is -3.39. The Morgan fingerprint density at radius 1 is 1.18 bits per heavy atom. The van der Waals surface area contributed by atoms with Crippen LogP contribution in [-0.4, -0.2) is 24.3 Å². The third kappa shape index (κ3) is 2.97. The van der Waals surface area contributed by atoms with Gasteiger partial charge in [0.1, 0.15) is 16.8 Å². The number of halogens is 1. The number of esters is 1. The van der Waals surface area contributed by atoms with Crippen molar-refractivity contribution in [3.63, 3.8) is 0 Å². The number of Topliss-reactive ketones (excluding diaryl/α,β-unsaturated/α-hetero) is 1. The summed E-state index contributed by atoms with van der Waals surface area (Å²) < 4.78 is 6.22. The van der Waals surface area contributed by atoms with Gasteiger partial charge in [-0.05, 0) is 44.0 Å². The molecule has 3 N–H and O–H groups in total. The van der Waals surface area contributed by atoms with Crippen LogP contribution in [0.4, 0.5) is 11.4 Å². The molecule has 0 saturated heterocycles. The molecule has 0 fully saturated rings. The van der Waals surface area contributed by atoms with Gasteiger partial charge in [0.05, 0.1) is 6.61 Å². The molecule has 1 atom stereocenters. The number of rotatable bonds is 3. The highest BCUT2D eigenvalue weighted by Gasteiger charge is 2.61. The molecule has 1 unspecified atom stereocenters. The van der Waals surface area contributed by atoms with Crippen LogP contribution in [0.15, 0.2) is 75.7 Å². The van der Waals surface area contributed by atoms with Crippen LogP contribution in [0.25, 0.3) is 0 Å². The molecular formula is C25H22BrN3O4. The fraction of sp³-hybridized carbons (Fsp3) is 0.240. The van der Waals surface area contributed by atoms with E-state index in [0.29, 0.717) is 47.5 Å². The lowest BCUT2D eigenvalue weighted by Gasteiger charge is -2.44. The van der Waals surface area contributed by atoms with E-state index in [1.165, 1.54) is 0 Å². The van der Waals surface area contributed by atoms with Crippen molar-refractivity contribution in [2.45, 2.75) is 31.6 Å². The first-order valence-corrected chi connectivity index (χ1v) is 11.6. The van der Waals surface area contributed by atoms with E-state index in [0.717, 1.165) is 4.47 Å². The van der Waals surface area contributed by atoms with Crippen molar-refractivity contribution >= 4 is 45.0 Å². The summed E-state index contributed by atoms with van der Waals surface area (Å²) in [5.74, 6) is -1.26. The maximum atomic E-state index is 13.7. The topological polar surface area (TPSA) is 102 Å². The van der Waals surface area contributed by atoms with Crippen LogP contribution in [0.2, 0.25) is 0 Å². The highest BCUT2D eigenvalue weighted by atomic mass is 79.9. The lowest BCUT2D eigenvalue weighted by atomic mass is 9.63. The highest BCUT2D eigenvalue weighted by Crippen LogP contribution is 2.55. The van der Waals surface area contributed by atoms with Gasteiger partial charge in [0.15, 0.2) is 5.78 Å². The van der Waals surface area contributed by atoms with Crippen LogP contribution in [0, 0.1) is 0 Å². The van der Waals surface area contributed by atoms with Crippen molar-refractivity contribution in [3.8, 4) is 0 Å². The number of ether oxygens (including phenoxy) is 1. The number of carbonyl (C=O) groups is 3. The average Bonchev–Trinajstić information content (AvgIpc) is 3.06. The monoisotopic (exact) mass is 507 g/mol. The fourth-order valence-corrected chi connectivity index (χ4v) is 5.56. The number of benzene rings is 2. The molecule has 33 heavy (non-hydrogen) atoms. The van der Waals surface area contributed by atoms with Gasteiger partial charge in [-0.1, -0.05) is 40.2 Å². The summed E-state index contributed by atoms with van der Waals surface area (Å²) in [5, 5.41) is 2.87. The minimum absolute atomic E-state index is 0.0271. The maximum Gasteiger partial charge on any atom is 0.339 e. The van der Waals surface area contributed by atoms with E-state index in [1.54, 1.807) is 36.1 Å². The van der Waals surface area contributed by atoms with E-state index in [9.17, 15) is 14.4 Å². The van der Waals surface area contributed by atoms with Gasteiger partial charge in [-0.3, -0.25) is 14.5 Å². The molecule has 3 aliphatic rings. The van der Waals surface area contributed by atoms with E-state index < -0.39 is 17.3 Å². The Balaban J connectivity index is 1.90. The largest absolute Gasteiger partial charge is 0.462 e. The zero-order valence-electron chi connectivity index (χ0n) is 18.0. The second-order valence-electron chi connectivity index (χ2n) is 8.14. The molecule has 2 aliphatic heterocycles. The summed E-state index contributed by atoms with van der Waals surface area (Å²) in [6, 6.07) is 14.5. The number of hydrogen-bond donors (Lipinski definition) is 2. The zero-order chi connectivity index (χ0) is 23.3. The molecule has 168 valence electrons. The number of amides is 1. The highest BCUT2D eigenvalue weighted by molar-refractivity contribution is 9.10. The van der Waals surface area contributed by atoms with E-state index in [-0.39, 0.29) is 23.8 Å². The molecule has 8 heteroatoms. The summed E-state index contributed by atoms with van der Waals surface area (Å²) in [6.45, 7) is 1.79. The molecule has 2 heterocycles. The maximum absolute atomic E-state index is 13.7. The van der Waals surface area contributed by atoms with Crippen LogP contribution in [0.3, 0.4) is 0 Å². The van der Waals surface area contributed by atoms with Crippen molar-refractivity contribution < 1.29 is 19.1 Å². The van der Waals surface area contributed by atoms with Gasteiger partial charge in [-0.25, -0.2) is 4.79 Å². The summed E-state index contributed by atoms with van der Waals surface area (Å²) >= 11 is 3.49. The average molecular weight is 508 g/mol. The van der Waals surface area contributed by atoms with Crippen molar-refractivity contribution in [3.05, 3.63) is 81.2 Å². The number of para-hydroxylation sites is 1. The Morgan fingerprint density at radius 3 is 2.73 bits per heavy atom. The first kappa shape index (κ1) is 21.5. The number of allylic oxidation sites excluding steroid dienone is 1. The lowest BCUT2D eigenvalue weighted by Crippen LogP contribution is -2.53. The van der Waals surface area contributed by atoms with Gasteiger partial charge in [0, 0.05) is 39.1 Å². The van der Waals surface area contributed by atoms with E-state index in [4.69, 9.17) is 10.5 Å². The summed E-state index contributed by atoms with van der Waals surface area (Å²) in [4.78, 5) is 42.4. The second kappa shape index (κ2) is 7.88. The number of hydrogen-bond acceptors (Lipinski definition) is 6. The van der Waals surface area contributed by atoms with Gasteiger partial charge in [0.2, 0.25) is 5.91 Å². The summed E-state index contributed by atoms with van der Waals surface area (Å²) in [6.07, 6.45) is 1.46. The van der Waals surface area contributed by atoms with Crippen LogP contribution in [0.5, 0.6) is 0 Å². The molecule has 1 aliphatic carbocycles. The Bertz CT molecular complexity index is 1280. The number of fused-ring (bicyclic) bond motifs is 3. The summed E-state index contributed by atoms with van der Waals surface area (Å²) in [7, 11) is 0. The second-order valence-corrected chi connectivity index (χ2v) is 9.06. The van der Waals surface area contributed by atoms with Crippen molar-refractivity contribution in [2.24, 2.45) is 5.73 Å². The molecule has 0 radical (unpaired) electrons. The molecule has 0 aromatic heterocycles. The number of nitrogens with two attached hydrogens (primary N) is 1. The molecule has 2 aromatic carbocycles. The van der Waals surface area contributed by atoms with Crippen molar-refractivity contribution in [1.82, 2.24) is 0 Å². The molecule has 1 amide bonds. The minimum atomic E-state index is -1.65. The Morgan fingerprint density at radius 2 is 1.97 bits per heavy atom. The number of anilines is 2. The minimum Gasteiger partial charge on any atom is -0.462 e. The first-order chi connectivity index (χ1) is 15.9. The Kier molecular flexibility index (Phi) is 5.12. The molecule has 5 rings (SSSR count). The van der Waals surface area contributed by atoms with Gasteiger partial charge < -0.3 is 15.8 Å². The fourth-order valence-electron chi connectivity index (χ4n) is 5.18. The van der Waals surface area contributed by atoms with Crippen LogP contribution in [0.1, 0.15) is 31.7 Å². The van der Waals surface area contributed by atoms with Gasteiger partial charge in [0.25, 0.3) is 0 Å². The normalized spacial score (nSPS) is 21.8. The zero-order valence-corrected chi connectivity index (χ0v) is 19.6. The third-order valence-electron chi connectivity index (χ3n) is 6.37. The van der Waals surface area contributed by atoms with Gasteiger partial charge in [-0.2, -0.15) is 0 Å². The molecule has 0 saturated carbocycles. The third-order valence-corrected chi connectivity index (χ3v) is 6.86. The van der Waals surface area contributed by atoms with Gasteiger partial charge in [-0.15, -0.1) is 0 Å². The van der Waals surface area contributed by atoms with E-state index in [1.807, 2.05) is 24.3 Å². The van der Waals surface area contributed by atoms with E-state index in [2.05, 4.69) is 21.2 Å². The molecule has 2 aromatic rings. The molecule has 1 spiro atoms. The van der Waals surface area contributed by atoms with Crippen LogP contribution >= 0.6 is 15.9 Å². The van der Waals surface area contributed by atoms with Crippen molar-refractivity contribution in [1.29, 1.82) is 0 Å². The Labute approximate surface area is 199 Å². The molecular weight excluding hydrogens is 486 g/mol. The molecule has 7 nitrogen and oxygen atoms in total. The number of ketones is 1. The number of nitrogens with zero attached hydrogens (tertiary/aromatic N) is 1. The predicted molar refractivity (Wildman–Crippen MR) is 127 cm³/mol. The smallest absolute Gasteiger partial charge is 0.339 e. The van der Waals surface area contributed by atoms with Crippen LogP contribution < -0.4 is 16.0 Å². The quantitative estimate of drug-likeness (QED) is 0.610. The van der Waals surface area contributed by atoms with Gasteiger partial charge >= 0.3 is 5.97 Å². The number of carbonyl (C=O) groups excluding carboxylic acids is 3. The first-order valence-electron chi connectivity index (χ1n) is 10.8. The standard InChI is InChI=1S/C25H22BrN3O4/c1-2-33-23(31)21-22(27)29(15-8-5-7-14(26)13-15)18-11-6-12-19(30)20(18)25(21)16-9-3-4-10-17(16)28-24(25)32/h3-5,7-10,13H,2,6,11-12,27H2,1H3,(H,28,32). The number of nitrogens with one attached hydrogen (secondary N) is 1. The SMILES string of the molecule is CCOC(=O)C1=C(N)N(c2cccc(Br)c2)C2=C(C(=O)CCC2)C12C(=O)Nc1ccccc12. The predicted octanol–water partition coefficient (Wildman–Crippen LogP) is 3.90. The summed E-state index contributed by atoms with van der Waals surface area (Å²) in [5.41, 5.74) is 7.77. The van der Waals surface area contributed by atoms with Crippen LogP contribution in [-0.2, 0) is 24.5 Å². The van der Waals surface area contributed by atoms with E-state index >= 15 is 0 Å². The molecule has 0 bridgehead atoms.